The summed E-state index contributed by atoms with van der Waals surface area (Å²) in [5, 5.41) is 15.1. The molecule has 0 heteroatoms. The van der Waals surface area contributed by atoms with Crippen molar-refractivity contribution in [3.8, 4) is 66.8 Å². The molecule has 0 saturated carbocycles. The van der Waals surface area contributed by atoms with Gasteiger partial charge in [-0.2, -0.15) is 0 Å². The molecule has 0 aliphatic rings. The summed E-state index contributed by atoms with van der Waals surface area (Å²) >= 11 is 0. The molecule has 0 bridgehead atoms. The molecule has 0 nitrogen and oxygen atoms in total. The molecule has 0 radical (unpaired) electrons. The Hall–Kier alpha value is -8.58. The highest BCUT2D eigenvalue weighted by Gasteiger charge is 2.22. The largest absolute Gasteiger partial charge is 0.0616 e. The Morgan fingerprint density at radius 1 is 0.189 bits per heavy atom. The van der Waals surface area contributed by atoms with Crippen molar-refractivity contribution in [2.45, 2.75) is 52.4 Å². The third kappa shape index (κ3) is 7.76. The fraction of sp³-hybridized carbons (Fsp3) is 0.108. The third-order valence-electron chi connectivity index (χ3n) is 15.7. The lowest BCUT2D eigenvalue weighted by Crippen LogP contribution is -2.10. The van der Waals surface area contributed by atoms with Gasteiger partial charge in [0.25, 0.3) is 0 Å². The van der Waals surface area contributed by atoms with Gasteiger partial charge in [-0.05, 0) is 178 Å². The third-order valence-corrected chi connectivity index (χ3v) is 15.7. The van der Waals surface area contributed by atoms with E-state index in [0.29, 0.717) is 0 Å². The van der Waals surface area contributed by atoms with Crippen LogP contribution in [0.4, 0.5) is 0 Å². The minimum atomic E-state index is 0.0480. The molecule has 0 fully saturated rings. The Bertz CT molecular complexity index is 3980. The van der Waals surface area contributed by atoms with Crippen LogP contribution in [-0.2, 0) is 10.8 Å². The predicted molar refractivity (Wildman–Crippen MR) is 321 cm³/mol. The van der Waals surface area contributed by atoms with Crippen LogP contribution in [0.1, 0.15) is 52.7 Å². The summed E-state index contributed by atoms with van der Waals surface area (Å²) in [5.74, 6) is 0. The number of rotatable bonds is 6. The first-order valence-electron chi connectivity index (χ1n) is 26.2. The van der Waals surface area contributed by atoms with Crippen LogP contribution in [-0.4, -0.2) is 0 Å². The maximum absolute atomic E-state index is 2.41. The summed E-state index contributed by atoms with van der Waals surface area (Å²) in [5.41, 5.74) is 17.7. The summed E-state index contributed by atoms with van der Waals surface area (Å²) in [6.45, 7) is 13.8. The molecule has 74 heavy (non-hydrogen) atoms. The van der Waals surface area contributed by atoms with Crippen molar-refractivity contribution in [2.24, 2.45) is 0 Å². The summed E-state index contributed by atoms with van der Waals surface area (Å²) in [4.78, 5) is 0. The second kappa shape index (κ2) is 17.6. The Kier molecular flexibility index (Phi) is 10.8. The van der Waals surface area contributed by atoms with E-state index in [1.54, 1.807) is 0 Å². The Labute approximate surface area is 435 Å². The summed E-state index contributed by atoms with van der Waals surface area (Å²) in [6, 6.07) is 91.3. The first-order chi connectivity index (χ1) is 36.0. The van der Waals surface area contributed by atoms with Crippen LogP contribution in [0.15, 0.2) is 243 Å². The van der Waals surface area contributed by atoms with Crippen LogP contribution >= 0.6 is 0 Å². The fourth-order valence-corrected chi connectivity index (χ4v) is 11.9. The lowest BCUT2D eigenvalue weighted by Gasteiger charge is -2.22. The molecule has 0 amide bonds. The van der Waals surface area contributed by atoms with Gasteiger partial charge in [0.2, 0.25) is 0 Å². The van der Waals surface area contributed by atoms with E-state index in [1.165, 1.54) is 143 Å². The molecule has 13 aromatic carbocycles. The van der Waals surface area contributed by atoms with Crippen LogP contribution in [0, 0.1) is 0 Å². The molecule has 0 saturated heterocycles. The highest BCUT2D eigenvalue weighted by Crippen LogP contribution is 2.47. The molecule has 0 aromatic heterocycles. The first-order valence-corrected chi connectivity index (χ1v) is 26.2. The van der Waals surface area contributed by atoms with Gasteiger partial charge in [0.1, 0.15) is 0 Å². The molecular weight excluding hydrogens is 889 g/mol. The van der Waals surface area contributed by atoms with Gasteiger partial charge < -0.3 is 0 Å². The molecule has 13 rings (SSSR count). The molecule has 0 N–H and O–H groups in total. The maximum atomic E-state index is 2.41. The molecule has 13 aromatic rings. The van der Waals surface area contributed by atoms with E-state index >= 15 is 0 Å². The zero-order valence-electron chi connectivity index (χ0n) is 43.1. The summed E-state index contributed by atoms with van der Waals surface area (Å²) in [6.07, 6.45) is 0. The van der Waals surface area contributed by atoms with Gasteiger partial charge in [0.15, 0.2) is 0 Å². The SMILES string of the molecule is CC(C)(C)c1cccc(-c2c3ccccc3c(-c3cccc(-c4ccc5ccc6ccc(-c7cccc(-c8c9ccccc9c(-c9cccc(C(C)(C)C)c9)c9ccccc89)c7)cc6c5c4)c3)c3ccccc23)c1. The van der Waals surface area contributed by atoms with Crippen molar-refractivity contribution in [3.05, 3.63) is 254 Å². The van der Waals surface area contributed by atoms with Crippen molar-refractivity contribution in [1.29, 1.82) is 0 Å². The normalized spacial score (nSPS) is 12.2. The van der Waals surface area contributed by atoms with Crippen LogP contribution in [0.3, 0.4) is 0 Å². The topological polar surface area (TPSA) is 0 Å². The summed E-state index contributed by atoms with van der Waals surface area (Å²) in [7, 11) is 0. The second-order valence-corrected chi connectivity index (χ2v) is 22.4. The Morgan fingerprint density at radius 3 is 0.730 bits per heavy atom. The highest BCUT2D eigenvalue weighted by atomic mass is 14.3. The molecule has 0 aliphatic heterocycles. The van der Waals surface area contributed by atoms with Crippen molar-refractivity contribution < 1.29 is 0 Å². The number of fused-ring (bicyclic) bond motifs is 7. The maximum Gasteiger partial charge on any atom is -0.00262 e. The number of hydrogen-bond acceptors (Lipinski definition) is 0. The van der Waals surface area contributed by atoms with Crippen molar-refractivity contribution in [3.63, 3.8) is 0 Å². The van der Waals surface area contributed by atoms with Crippen molar-refractivity contribution in [2.75, 3.05) is 0 Å². The van der Waals surface area contributed by atoms with Gasteiger partial charge in [-0.3, -0.25) is 0 Å². The monoisotopic (exact) mass is 946 g/mol. The van der Waals surface area contributed by atoms with Gasteiger partial charge in [-0.1, -0.05) is 260 Å². The molecule has 0 heterocycles. The average molecular weight is 947 g/mol. The highest BCUT2D eigenvalue weighted by molar-refractivity contribution is 6.23. The Morgan fingerprint density at radius 2 is 0.432 bits per heavy atom. The van der Waals surface area contributed by atoms with E-state index in [-0.39, 0.29) is 10.8 Å². The van der Waals surface area contributed by atoms with E-state index in [9.17, 15) is 0 Å². The van der Waals surface area contributed by atoms with Crippen LogP contribution in [0.25, 0.3) is 131 Å². The zero-order valence-corrected chi connectivity index (χ0v) is 43.1. The lowest BCUT2D eigenvalue weighted by molar-refractivity contribution is 0.590. The molecule has 0 unspecified atom stereocenters. The van der Waals surface area contributed by atoms with Gasteiger partial charge >= 0.3 is 0 Å². The quantitative estimate of drug-likeness (QED) is 0.115. The van der Waals surface area contributed by atoms with Crippen molar-refractivity contribution in [1.82, 2.24) is 0 Å². The molecule has 0 aliphatic carbocycles. The van der Waals surface area contributed by atoms with Crippen LogP contribution in [0.5, 0.6) is 0 Å². The van der Waals surface area contributed by atoms with E-state index in [4.69, 9.17) is 0 Å². The minimum absolute atomic E-state index is 0.0480. The molecule has 0 atom stereocenters. The van der Waals surface area contributed by atoms with Crippen LogP contribution in [0.2, 0.25) is 0 Å². The van der Waals surface area contributed by atoms with Crippen LogP contribution < -0.4 is 0 Å². The van der Waals surface area contributed by atoms with Gasteiger partial charge in [-0.15, -0.1) is 0 Å². The Balaban J connectivity index is 0.918. The zero-order chi connectivity index (χ0) is 50.3. The molecular formula is C74H58. The lowest BCUT2D eigenvalue weighted by atomic mass is 9.82. The average Bonchev–Trinajstić information content (AvgIpc) is 3.43. The molecule has 354 valence electrons. The van der Waals surface area contributed by atoms with E-state index in [1.807, 2.05) is 0 Å². The standard InChI is InChI=1S/C74H58/c1-73(2,3)57-25-17-23-55(43-57)71-63-31-11-7-27-59(63)69(60-28-8-12-32-64(60)71)53-21-15-19-49(41-53)51-39-37-47-35-36-48-38-40-52(46-68(48)67(47)45-51)50-20-16-22-54(42-50)70-61-29-9-13-33-65(61)72(66-34-14-10-30-62(66)70)56-24-18-26-58(44-56)74(4,5)6/h7-46H,1-6H3. The molecule has 0 spiro atoms. The predicted octanol–water partition coefficient (Wildman–Crippen LogP) is 21.2. The first kappa shape index (κ1) is 45.3. The van der Waals surface area contributed by atoms with E-state index in [0.717, 1.165) is 0 Å². The van der Waals surface area contributed by atoms with Gasteiger partial charge in [0.05, 0.1) is 0 Å². The van der Waals surface area contributed by atoms with E-state index in [2.05, 4.69) is 284 Å². The van der Waals surface area contributed by atoms with E-state index < -0.39 is 0 Å². The second-order valence-electron chi connectivity index (χ2n) is 22.4. The summed E-state index contributed by atoms with van der Waals surface area (Å²) < 4.78 is 0. The van der Waals surface area contributed by atoms with Gasteiger partial charge in [0, 0.05) is 0 Å². The number of hydrogen-bond donors (Lipinski definition) is 0. The smallest absolute Gasteiger partial charge is 0.00262 e. The van der Waals surface area contributed by atoms with Gasteiger partial charge in [-0.25, -0.2) is 0 Å². The number of benzene rings is 13. The van der Waals surface area contributed by atoms with Crippen molar-refractivity contribution >= 4 is 64.6 Å². The minimum Gasteiger partial charge on any atom is -0.0616 e. The fourth-order valence-electron chi connectivity index (χ4n) is 11.9.